The molecule has 0 unspecified atom stereocenters. The molecule has 0 bridgehead atoms. The molecule has 0 aliphatic carbocycles. The number of rotatable bonds is 3. The monoisotopic (exact) mass is 274 g/mol. The van der Waals surface area contributed by atoms with Gasteiger partial charge >= 0.3 is 7.12 Å². The molecular formula is C15H23BN2O2. The predicted octanol–water partition coefficient (Wildman–Crippen LogP) is 2.35. The molecule has 1 heterocycles. The van der Waals surface area contributed by atoms with Crippen LogP contribution >= 0.6 is 0 Å². The van der Waals surface area contributed by atoms with Crippen LogP contribution in [0.25, 0.3) is 0 Å². The van der Waals surface area contributed by atoms with Gasteiger partial charge in [-0.15, -0.1) is 0 Å². The van der Waals surface area contributed by atoms with Gasteiger partial charge in [0.05, 0.1) is 11.2 Å². The number of nitrogens with one attached hydrogen (secondary N) is 1. The van der Waals surface area contributed by atoms with Crippen LogP contribution in [0.5, 0.6) is 0 Å². The Kier molecular flexibility index (Phi) is 3.69. The number of benzene rings is 1. The lowest BCUT2D eigenvalue weighted by atomic mass is 9.77. The lowest BCUT2D eigenvalue weighted by molar-refractivity contribution is 0.00578. The maximum atomic E-state index is 7.98. The van der Waals surface area contributed by atoms with Crippen molar-refractivity contribution in [3.63, 3.8) is 0 Å². The number of hydrogen-bond donors (Lipinski definition) is 2. The van der Waals surface area contributed by atoms with Crippen molar-refractivity contribution in [1.82, 2.24) is 0 Å². The highest BCUT2D eigenvalue weighted by atomic mass is 16.7. The Labute approximate surface area is 121 Å². The molecule has 1 aromatic carbocycles. The third-order valence-corrected chi connectivity index (χ3v) is 4.28. The van der Waals surface area contributed by atoms with E-state index in [2.05, 4.69) is 0 Å². The second kappa shape index (κ2) is 4.90. The molecule has 1 fully saturated rings. The van der Waals surface area contributed by atoms with E-state index in [0.29, 0.717) is 17.8 Å². The topological polar surface area (TPSA) is 68.3 Å². The Morgan fingerprint density at radius 2 is 1.75 bits per heavy atom. The van der Waals surface area contributed by atoms with Crippen molar-refractivity contribution < 1.29 is 9.31 Å². The first-order valence-electron chi connectivity index (χ1n) is 7.01. The Balaban J connectivity index is 2.34. The number of nitrogens with two attached hydrogens (primary N) is 1. The van der Waals surface area contributed by atoms with Crippen molar-refractivity contribution in [3.05, 3.63) is 23.8 Å². The molecule has 20 heavy (non-hydrogen) atoms. The molecule has 108 valence electrons. The highest BCUT2D eigenvalue weighted by Crippen LogP contribution is 2.36. The van der Waals surface area contributed by atoms with Gasteiger partial charge in [-0.1, -0.05) is 19.1 Å². The van der Waals surface area contributed by atoms with Crippen LogP contribution in [-0.2, 0) is 9.31 Å². The summed E-state index contributed by atoms with van der Waals surface area (Å²) >= 11 is 0. The number of anilines is 1. The van der Waals surface area contributed by atoms with Gasteiger partial charge in [0.2, 0.25) is 0 Å². The zero-order valence-corrected chi connectivity index (χ0v) is 12.9. The van der Waals surface area contributed by atoms with Crippen LogP contribution < -0.4 is 11.2 Å². The molecule has 3 N–H and O–H groups in total. The third kappa shape index (κ3) is 2.48. The fourth-order valence-electron chi connectivity index (χ4n) is 2.15. The Hall–Kier alpha value is -1.33. The van der Waals surface area contributed by atoms with Crippen LogP contribution in [0, 0.1) is 5.41 Å². The SMILES string of the molecule is CCC(=N)c1cc(B2OC(C)(C)C(C)(C)O2)ccc1N. The van der Waals surface area contributed by atoms with Gasteiger partial charge in [-0.05, 0) is 45.6 Å². The second-order valence-corrected chi connectivity index (χ2v) is 6.27. The van der Waals surface area contributed by atoms with Crippen LogP contribution in [0.15, 0.2) is 18.2 Å². The van der Waals surface area contributed by atoms with Crippen molar-refractivity contribution >= 4 is 24.0 Å². The largest absolute Gasteiger partial charge is 0.494 e. The summed E-state index contributed by atoms with van der Waals surface area (Å²) in [5, 5.41) is 7.98. The first-order valence-corrected chi connectivity index (χ1v) is 7.01. The molecule has 1 saturated heterocycles. The van der Waals surface area contributed by atoms with Crippen LogP contribution in [0.2, 0.25) is 0 Å². The van der Waals surface area contributed by atoms with Crippen molar-refractivity contribution in [2.24, 2.45) is 0 Å². The Morgan fingerprint density at radius 1 is 1.20 bits per heavy atom. The summed E-state index contributed by atoms with van der Waals surface area (Å²) in [5.41, 5.74) is 8.04. The summed E-state index contributed by atoms with van der Waals surface area (Å²) in [7, 11) is -0.413. The molecule has 1 aliphatic rings. The smallest absolute Gasteiger partial charge is 0.399 e. The van der Waals surface area contributed by atoms with E-state index in [4.69, 9.17) is 20.5 Å². The molecule has 0 saturated carbocycles. The fraction of sp³-hybridized carbons (Fsp3) is 0.533. The summed E-state index contributed by atoms with van der Waals surface area (Å²) < 4.78 is 12.0. The summed E-state index contributed by atoms with van der Waals surface area (Å²) in [6.45, 7) is 10.1. The molecule has 1 aliphatic heterocycles. The van der Waals surface area contributed by atoms with Crippen LogP contribution in [-0.4, -0.2) is 24.0 Å². The number of hydrogen-bond acceptors (Lipinski definition) is 4. The zero-order valence-electron chi connectivity index (χ0n) is 12.9. The maximum Gasteiger partial charge on any atom is 0.494 e. The maximum absolute atomic E-state index is 7.98. The van der Waals surface area contributed by atoms with Crippen molar-refractivity contribution in [3.8, 4) is 0 Å². The standard InChI is InChI=1S/C15H23BN2O2/c1-6-12(17)11-9-10(7-8-13(11)18)16-19-14(2,3)15(4,5)20-16/h7-9,17H,6,18H2,1-5H3. The van der Waals surface area contributed by atoms with Crippen molar-refractivity contribution in [1.29, 1.82) is 5.41 Å². The van der Waals surface area contributed by atoms with E-state index in [1.54, 1.807) is 0 Å². The molecule has 1 aromatic rings. The lowest BCUT2D eigenvalue weighted by Gasteiger charge is -2.32. The van der Waals surface area contributed by atoms with E-state index >= 15 is 0 Å². The average Bonchev–Trinajstić information content (AvgIpc) is 2.58. The molecular weight excluding hydrogens is 251 g/mol. The predicted molar refractivity (Wildman–Crippen MR) is 83.7 cm³/mol. The first kappa shape index (κ1) is 15.1. The van der Waals surface area contributed by atoms with Crippen LogP contribution in [0.1, 0.15) is 46.6 Å². The van der Waals surface area contributed by atoms with E-state index in [1.807, 2.05) is 52.8 Å². The van der Waals surface area contributed by atoms with Gasteiger partial charge in [0.25, 0.3) is 0 Å². The summed E-state index contributed by atoms with van der Waals surface area (Å²) in [5.74, 6) is 0. The first-order chi connectivity index (χ1) is 9.18. The molecule has 0 atom stereocenters. The quantitative estimate of drug-likeness (QED) is 0.505. The number of nitrogen functional groups attached to an aromatic ring is 1. The summed E-state index contributed by atoms with van der Waals surface area (Å²) in [4.78, 5) is 0. The molecule has 0 radical (unpaired) electrons. The Morgan fingerprint density at radius 3 is 2.25 bits per heavy atom. The summed E-state index contributed by atoms with van der Waals surface area (Å²) in [6, 6.07) is 5.63. The minimum Gasteiger partial charge on any atom is -0.399 e. The molecule has 0 spiro atoms. The van der Waals surface area contributed by atoms with E-state index in [1.165, 1.54) is 0 Å². The normalized spacial score (nSPS) is 20.1. The third-order valence-electron chi connectivity index (χ3n) is 4.28. The van der Waals surface area contributed by atoms with Gasteiger partial charge in [-0.25, -0.2) is 0 Å². The molecule has 2 rings (SSSR count). The molecule has 4 nitrogen and oxygen atoms in total. The Bertz CT molecular complexity index is 525. The average molecular weight is 274 g/mol. The molecule has 0 aromatic heterocycles. The van der Waals surface area contributed by atoms with Crippen LogP contribution in [0.3, 0.4) is 0 Å². The highest BCUT2D eigenvalue weighted by Gasteiger charge is 2.51. The van der Waals surface area contributed by atoms with Crippen molar-refractivity contribution in [2.45, 2.75) is 52.2 Å². The lowest BCUT2D eigenvalue weighted by Crippen LogP contribution is -2.41. The molecule has 0 amide bonds. The van der Waals surface area contributed by atoms with Gasteiger partial charge in [0.1, 0.15) is 0 Å². The highest BCUT2D eigenvalue weighted by molar-refractivity contribution is 6.62. The zero-order chi connectivity index (χ0) is 15.1. The minimum absolute atomic E-state index is 0.364. The van der Waals surface area contributed by atoms with Crippen molar-refractivity contribution in [2.75, 3.05) is 5.73 Å². The van der Waals surface area contributed by atoms with Crippen LogP contribution in [0.4, 0.5) is 5.69 Å². The fourth-order valence-corrected chi connectivity index (χ4v) is 2.15. The summed E-state index contributed by atoms with van der Waals surface area (Å²) in [6.07, 6.45) is 0.650. The van der Waals surface area contributed by atoms with Gasteiger partial charge in [0.15, 0.2) is 0 Å². The minimum atomic E-state index is -0.413. The van der Waals surface area contributed by atoms with Gasteiger partial charge in [-0.2, -0.15) is 0 Å². The van der Waals surface area contributed by atoms with E-state index in [0.717, 1.165) is 11.0 Å². The van der Waals surface area contributed by atoms with Gasteiger partial charge in [-0.3, -0.25) is 0 Å². The second-order valence-electron chi connectivity index (χ2n) is 6.27. The van der Waals surface area contributed by atoms with E-state index < -0.39 is 7.12 Å². The van der Waals surface area contributed by atoms with Gasteiger partial charge < -0.3 is 20.5 Å². The van der Waals surface area contributed by atoms with E-state index in [9.17, 15) is 0 Å². The van der Waals surface area contributed by atoms with E-state index in [-0.39, 0.29) is 11.2 Å². The van der Waals surface area contributed by atoms with Gasteiger partial charge in [0, 0.05) is 17.0 Å². The molecule has 5 heteroatoms.